The normalized spacial score (nSPS) is 11.0. The van der Waals surface area contributed by atoms with Crippen molar-refractivity contribution in [3.05, 3.63) is 103 Å². The lowest BCUT2D eigenvalue weighted by Gasteiger charge is -2.13. The van der Waals surface area contributed by atoms with Crippen LogP contribution in [-0.4, -0.2) is 41.4 Å². The summed E-state index contributed by atoms with van der Waals surface area (Å²) in [5.41, 5.74) is 9.25. The summed E-state index contributed by atoms with van der Waals surface area (Å²) in [6.07, 6.45) is 4.65. The lowest BCUT2D eigenvalue weighted by atomic mass is 10.1. The van der Waals surface area contributed by atoms with E-state index >= 15 is 0 Å². The fourth-order valence-corrected chi connectivity index (χ4v) is 3.49. The van der Waals surface area contributed by atoms with Gasteiger partial charge in [-0.3, -0.25) is 4.79 Å². The van der Waals surface area contributed by atoms with Gasteiger partial charge in [0.15, 0.2) is 0 Å². The first-order valence-corrected chi connectivity index (χ1v) is 11.8. The van der Waals surface area contributed by atoms with Crippen LogP contribution in [0.3, 0.4) is 0 Å². The van der Waals surface area contributed by atoms with Gasteiger partial charge in [0.2, 0.25) is 11.8 Å². The number of benzene rings is 3. The van der Waals surface area contributed by atoms with E-state index in [0.717, 1.165) is 16.9 Å². The standard InChI is InChI=1S/C29H29N5O3/c1-34(2)17-7-12-26(35)33-23-10-6-11-25(18-23)37-29-27(28(30)31-20-32-29)22-13-15-24(16-14-22)36-19-21-8-4-3-5-9-21/h3-16,18,20H,17,19H2,1-2H3,(H,33,35)(H2,30,31,32)/b12-7+. The molecule has 0 saturated carbocycles. The average Bonchev–Trinajstić information content (AvgIpc) is 2.89. The summed E-state index contributed by atoms with van der Waals surface area (Å²) in [5.74, 6) is 1.60. The number of nitrogens with two attached hydrogens (primary N) is 1. The number of carbonyl (C=O) groups is 1. The molecule has 0 aliphatic heterocycles. The number of anilines is 2. The number of aromatic nitrogens is 2. The predicted octanol–water partition coefficient (Wildman–Crippen LogP) is 5.15. The summed E-state index contributed by atoms with van der Waals surface area (Å²) in [6.45, 7) is 1.15. The van der Waals surface area contributed by atoms with Gasteiger partial charge in [-0.2, -0.15) is 0 Å². The minimum atomic E-state index is -0.222. The van der Waals surface area contributed by atoms with E-state index in [-0.39, 0.29) is 5.91 Å². The third kappa shape index (κ3) is 7.39. The molecule has 0 spiro atoms. The molecular formula is C29H29N5O3. The van der Waals surface area contributed by atoms with E-state index in [0.29, 0.717) is 41.8 Å². The monoisotopic (exact) mass is 495 g/mol. The highest BCUT2D eigenvalue weighted by Crippen LogP contribution is 2.36. The molecule has 188 valence electrons. The van der Waals surface area contributed by atoms with Crippen molar-refractivity contribution in [3.63, 3.8) is 0 Å². The molecule has 3 N–H and O–H groups in total. The summed E-state index contributed by atoms with van der Waals surface area (Å²) in [4.78, 5) is 22.6. The van der Waals surface area contributed by atoms with Crippen molar-refractivity contribution < 1.29 is 14.3 Å². The fourth-order valence-electron chi connectivity index (χ4n) is 3.49. The molecule has 4 aromatic rings. The maximum Gasteiger partial charge on any atom is 0.248 e. The second kappa shape index (κ2) is 12.3. The first-order valence-electron chi connectivity index (χ1n) is 11.8. The number of nitrogen functional groups attached to an aromatic ring is 1. The summed E-state index contributed by atoms with van der Waals surface area (Å²) >= 11 is 0. The van der Waals surface area contributed by atoms with Crippen LogP contribution in [0.15, 0.2) is 97.3 Å². The Morgan fingerprint density at radius 1 is 0.973 bits per heavy atom. The van der Waals surface area contributed by atoms with Gasteiger partial charge in [-0.05, 0) is 49.5 Å². The topological polar surface area (TPSA) is 103 Å². The number of likely N-dealkylation sites (N-methyl/N-ethyl adjacent to an activating group) is 1. The number of nitrogens with one attached hydrogen (secondary N) is 1. The number of amides is 1. The van der Waals surface area contributed by atoms with Gasteiger partial charge in [0.25, 0.3) is 0 Å². The Morgan fingerprint density at radius 2 is 1.76 bits per heavy atom. The van der Waals surface area contributed by atoms with Crippen molar-refractivity contribution >= 4 is 17.4 Å². The van der Waals surface area contributed by atoms with Crippen LogP contribution >= 0.6 is 0 Å². The van der Waals surface area contributed by atoms with Gasteiger partial charge in [-0.25, -0.2) is 9.97 Å². The molecule has 0 radical (unpaired) electrons. The van der Waals surface area contributed by atoms with E-state index in [9.17, 15) is 4.79 Å². The zero-order chi connectivity index (χ0) is 26.0. The molecule has 37 heavy (non-hydrogen) atoms. The van der Waals surface area contributed by atoms with E-state index in [1.54, 1.807) is 30.3 Å². The maximum atomic E-state index is 12.2. The van der Waals surface area contributed by atoms with Crippen molar-refractivity contribution in [3.8, 4) is 28.5 Å². The Balaban J connectivity index is 1.47. The summed E-state index contributed by atoms with van der Waals surface area (Å²) in [7, 11) is 3.87. The van der Waals surface area contributed by atoms with Crippen molar-refractivity contribution in [2.45, 2.75) is 6.61 Å². The largest absolute Gasteiger partial charge is 0.489 e. The minimum Gasteiger partial charge on any atom is -0.489 e. The first kappa shape index (κ1) is 25.4. The predicted molar refractivity (Wildman–Crippen MR) is 145 cm³/mol. The third-order valence-corrected chi connectivity index (χ3v) is 5.29. The molecule has 0 atom stereocenters. The van der Waals surface area contributed by atoms with Gasteiger partial charge >= 0.3 is 0 Å². The number of hydrogen-bond donors (Lipinski definition) is 2. The number of rotatable bonds is 10. The van der Waals surface area contributed by atoms with Gasteiger partial charge in [0.1, 0.15) is 30.3 Å². The highest BCUT2D eigenvalue weighted by atomic mass is 16.5. The van der Waals surface area contributed by atoms with Gasteiger partial charge in [0.05, 0.1) is 5.56 Å². The summed E-state index contributed by atoms with van der Waals surface area (Å²) in [5, 5.41) is 2.83. The summed E-state index contributed by atoms with van der Waals surface area (Å²) in [6, 6.07) is 24.6. The molecule has 8 nitrogen and oxygen atoms in total. The molecule has 0 bridgehead atoms. The van der Waals surface area contributed by atoms with E-state index < -0.39 is 0 Å². The second-order valence-electron chi connectivity index (χ2n) is 8.52. The van der Waals surface area contributed by atoms with Crippen LogP contribution in [0.1, 0.15) is 5.56 Å². The lowest BCUT2D eigenvalue weighted by Crippen LogP contribution is -2.12. The highest BCUT2D eigenvalue weighted by Gasteiger charge is 2.15. The van der Waals surface area contributed by atoms with E-state index in [2.05, 4.69) is 15.3 Å². The van der Waals surface area contributed by atoms with Crippen LogP contribution < -0.4 is 20.5 Å². The SMILES string of the molecule is CN(C)C/C=C/C(=O)Nc1cccc(Oc2ncnc(N)c2-c2ccc(OCc3ccccc3)cc2)c1. The van der Waals surface area contributed by atoms with Crippen molar-refractivity contribution in [2.24, 2.45) is 0 Å². The maximum absolute atomic E-state index is 12.2. The second-order valence-corrected chi connectivity index (χ2v) is 8.52. The van der Waals surface area contributed by atoms with E-state index in [1.165, 1.54) is 12.4 Å². The van der Waals surface area contributed by atoms with Crippen molar-refractivity contribution in [1.82, 2.24) is 14.9 Å². The zero-order valence-corrected chi connectivity index (χ0v) is 20.8. The highest BCUT2D eigenvalue weighted by molar-refractivity contribution is 5.99. The van der Waals surface area contributed by atoms with Crippen LogP contribution in [0.25, 0.3) is 11.1 Å². The molecule has 0 saturated heterocycles. The first-order chi connectivity index (χ1) is 18.0. The van der Waals surface area contributed by atoms with Crippen LogP contribution in [0, 0.1) is 0 Å². The molecule has 4 rings (SSSR count). The van der Waals surface area contributed by atoms with Crippen molar-refractivity contribution in [1.29, 1.82) is 0 Å². The number of ether oxygens (including phenoxy) is 2. The molecule has 1 heterocycles. The average molecular weight is 496 g/mol. The third-order valence-electron chi connectivity index (χ3n) is 5.29. The van der Waals surface area contributed by atoms with Gasteiger partial charge in [0, 0.05) is 24.4 Å². The Labute approximate surface area is 216 Å². The molecule has 0 fully saturated rings. The summed E-state index contributed by atoms with van der Waals surface area (Å²) < 4.78 is 12.0. The number of hydrogen-bond acceptors (Lipinski definition) is 7. The molecular weight excluding hydrogens is 466 g/mol. The number of nitrogens with zero attached hydrogens (tertiary/aromatic N) is 3. The Bertz CT molecular complexity index is 1360. The van der Waals surface area contributed by atoms with Gasteiger partial charge in [-0.15, -0.1) is 0 Å². The fraction of sp³-hybridized carbons (Fsp3) is 0.138. The molecule has 0 aliphatic rings. The molecule has 8 heteroatoms. The molecule has 1 aromatic heterocycles. The lowest BCUT2D eigenvalue weighted by molar-refractivity contribution is -0.111. The van der Waals surface area contributed by atoms with Crippen LogP contribution in [0.5, 0.6) is 17.4 Å². The molecule has 0 aliphatic carbocycles. The molecule has 3 aromatic carbocycles. The smallest absolute Gasteiger partial charge is 0.248 e. The van der Waals surface area contributed by atoms with Gasteiger partial charge < -0.3 is 25.4 Å². The molecule has 0 unspecified atom stereocenters. The van der Waals surface area contributed by atoms with Crippen LogP contribution in [-0.2, 0) is 11.4 Å². The van der Waals surface area contributed by atoms with Gasteiger partial charge in [-0.1, -0.05) is 54.6 Å². The molecule has 1 amide bonds. The zero-order valence-electron chi connectivity index (χ0n) is 20.8. The Hall–Kier alpha value is -4.69. The van der Waals surface area contributed by atoms with Crippen molar-refractivity contribution in [2.75, 3.05) is 31.7 Å². The van der Waals surface area contributed by atoms with E-state index in [4.69, 9.17) is 15.2 Å². The minimum absolute atomic E-state index is 0.222. The van der Waals surface area contributed by atoms with E-state index in [1.807, 2.05) is 73.6 Å². The van der Waals surface area contributed by atoms with Crippen LogP contribution in [0.2, 0.25) is 0 Å². The Morgan fingerprint density at radius 3 is 2.51 bits per heavy atom. The van der Waals surface area contributed by atoms with Crippen LogP contribution in [0.4, 0.5) is 11.5 Å². The quantitative estimate of drug-likeness (QED) is 0.293. The number of carbonyl (C=O) groups excluding carboxylic acids is 1. The Kier molecular flexibility index (Phi) is 8.46.